The van der Waals surface area contributed by atoms with Gasteiger partial charge in [-0.3, -0.25) is 25.0 Å². The second-order valence-electron chi connectivity index (χ2n) is 5.97. The molecule has 11 nitrogen and oxygen atoms in total. The molecule has 0 saturated carbocycles. The van der Waals surface area contributed by atoms with Crippen molar-refractivity contribution in [1.29, 1.82) is 0 Å². The van der Waals surface area contributed by atoms with Crippen molar-refractivity contribution in [3.63, 3.8) is 0 Å². The number of fused-ring (bicyclic) bond motifs is 1. The van der Waals surface area contributed by atoms with Gasteiger partial charge in [0.2, 0.25) is 0 Å². The third-order valence-corrected chi connectivity index (χ3v) is 5.23. The summed E-state index contributed by atoms with van der Waals surface area (Å²) >= 11 is 1.13. The number of non-ortho nitro benzene ring substituents is 2. The molecule has 12 heteroatoms. The molecule has 0 aliphatic rings. The molecule has 1 heterocycles. The summed E-state index contributed by atoms with van der Waals surface area (Å²) in [6.45, 7) is 2.29. The number of nitrogens with zero attached hydrogens (tertiary/aromatic N) is 4. The number of aromatic nitrogens is 1. The van der Waals surface area contributed by atoms with Crippen LogP contribution in [0.4, 0.5) is 11.4 Å². The molecule has 0 N–H and O–H groups in total. The van der Waals surface area contributed by atoms with Crippen molar-refractivity contribution in [2.75, 3.05) is 7.11 Å². The van der Waals surface area contributed by atoms with E-state index in [9.17, 15) is 29.8 Å². The summed E-state index contributed by atoms with van der Waals surface area (Å²) < 4.78 is 7.11. The average molecular weight is 430 g/mol. The van der Waals surface area contributed by atoms with Gasteiger partial charge in [-0.2, -0.15) is 4.99 Å². The molecule has 0 atom stereocenters. The number of aryl methyl sites for hydroxylation is 1. The SMILES string of the molecule is CCn1c(=NC(=O)c2cc([N+](=O)[O-])cc([N+](=O)[O-])c2)sc2cc(C(=O)OC)ccc21. The molecule has 0 radical (unpaired) electrons. The number of carbonyl (C=O) groups excluding carboxylic acids is 2. The fourth-order valence-electron chi connectivity index (χ4n) is 2.79. The second-order valence-corrected chi connectivity index (χ2v) is 6.98. The highest BCUT2D eigenvalue weighted by molar-refractivity contribution is 7.16. The van der Waals surface area contributed by atoms with Gasteiger partial charge < -0.3 is 9.30 Å². The molecule has 0 aliphatic carbocycles. The Kier molecular flexibility index (Phi) is 5.69. The molecule has 0 spiro atoms. The third kappa shape index (κ3) is 3.93. The minimum Gasteiger partial charge on any atom is -0.465 e. The van der Waals surface area contributed by atoms with Crippen LogP contribution in [-0.4, -0.2) is 33.4 Å². The van der Waals surface area contributed by atoms with E-state index in [4.69, 9.17) is 4.74 Å². The van der Waals surface area contributed by atoms with Gasteiger partial charge in [-0.05, 0) is 25.1 Å². The Balaban J connectivity index is 2.14. The molecular formula is C18H14N4O7S. The summed E-state index contributed by atoms with van der Waals surface area (Å²) in [5.74, 6) is -1.37. The summed E-state index contributed by atoms with van der Waals surface area (Å²) in [4.78, 5) is 49.1. The number of hydrogen-bond acceptors (Lipinski definition) is 8. The number of nitro groups is 2. The van der Waals surface area contributed by atoms with Gasteiger partial charge >= 0.3 is 5.97 Å². The third-order valence-electron chi connectivity index (χ3n) is 4.19. The lowest BCUT2D eigenvalue weighted by Gasteiger charge is -2.02. The monoisotopic (exact) mass is 430 g/mol. The number of esters is 1. The molecule has 0 fully saturated rings. The van der Waals surface area contributed by atoms with Crippen LogP contribution in [-0.2, 0) is 11.3 Å². The quantitative estimate of drug-likeness (QED) is 0.343. The van der Waals surface area contributed by atoms with E-state index in [0.29, 0.717) is 16.8 Å². The first-order valence-electron chi connectivity index (χ1n) is 8.49. The number of thiazole rings is 1. The van der Waals surface area contributed by atoms with Gasteiger partial charge in [-0.1, -0.05) is 11.3 Å². The van der Waals surface area contributed by atoms with E-state index in [1.165, 1.54) is 7.11 Å². The lowest BCUT2D eigenvalue weighted by molar-refractivity contribution is -0.394. The van der Waals surface area contributed by atoms with Gasteiger partial charge in [-0.25, -0.2) is 4.79 Å². The Morgan fingerprint density at radius 2 is 1.70 bits per heavy atom. The van der Waals surface area contributed by atoms with Gasteiger partial charge in [0.05, 0.1) is 44.4 Å². The first kappa shape index (κ1) is 20.8. The fraction of sp³-hybridized carbons (Fsp3) is 0.167. The lowest BCUT2D eigenvalue weighted by Crippen LogP contribution is -2.16. The highest BCUT2D eigenvalue weighted by Crippen LogP contribution is 2.24. The standard InChI is InChI=1S/C18H14N4O7S/c1-3-20-14-5-4-10(17(24)29-2)8-15(14)30-18(20)19-16(23)11-6-12(21(25)26)9-13(7-11)22(27)28/h4-9H,3H2,1-2H3. The Morgan fingerprint density at radius 1 is 1.07 bits per heavy atom. The van der Waals surface area contributed by atoms with Crippen LogP contribution in [0.15, 0.2) is 41.4 Å². The number of amides is 1. The highest BCUT2D eigenvalue weighted by Gasteiger charge is 2.20. The number of methoxy groups -OCH3 is 1. The summed E-state index contributed by atoms with van der Waals surface area (Å²) in [5, 5.41) is 22.1. The molecule has 30 heavy (non-hydrogen) atoms. The number of hydrogen-bond donors (Lipinski definition) is 0. The molecule has 1 amide bonds. The zero-order valence-electron chi connectivity index (χ0n) is 15.7. The van der Waals surface area contributed by atoms with E-state index in [1.807, 2.05) is 6.92 Å². The number of rotatable bonds is 5. The first-order valence-corrected chi connectivity index (χ1v) is 9.31. The predicted molar refractivity (Wildman–Crippen MR) is 106 cm³/mol. The van der Waals surface area contributed by atoms with Crippen LogP contribution in [0, 0.1) is 20.2 Å². The minimum absolute atomic E-state index is 0.272. The molecule has 0 unspecified atom stereocenters. The largest absolute Gasteiger partial charge is 0.465 e. The van der Waals surface area contributed by atoms with Crippen LogP contribution < -0.4 is 4.80 Å². The van der Waals surface area contributed by atoms with Crippen molar-refractivity contribution in [2.45, 2.75) is 13.5 Å². The molecule has 2 aromatic carbocycles. The van der Waals surface area contributed by atoms with Crippen LogP contribution in [0.3, 0.4) is 0 Å². The summed E-state index contributed by atoms with van der Waals surface area (Å²) in [7, 11) is 1.27. The number of ether oxygens (including phenoxy) is 1. The van der Waals surface area contributed by atoms with Gasteiger partial charge in [0, 0.05) is 18.7 Å². The maximum atomic E-state index is 12.6. The molecule has 3 aromatic rings. The number of nitro benzene ring substituents is 2. The van der Waals surface area contributed by atoms with Crippen LogP contribution in [0.2, 0.25) is 0 Å². The van der Waals surface area contributed by atoms with Gasteiger partial charge in [0.1, 0.15) is 0 Å². The van der Waals surface area contributed by atoms with Gasteiger partial charge in [0.25, 0.3) is 17.3 Å². The molecule has 1 aromatic heterocycles. The highest BCUT2D eigenvalue weighted by atomic mass is 32.1. The van der Waals surface area contributed by atoms with Crippen LogP contribution >= 0.6 is 11.3 Å². The van der Waals surface area contributed by atoms with E-state index >= 15 is 0 Å². The molecule has 3 rings (SSSR count). The maximum Gasteiger partial charge on any atom is 0.337 e. The smallest absolute Gasteiger partial charge is 0.337 e. The predicted octanol–water partition coefficient (Wildman–Crippen LogP) is 3.07. The topological polar surface area (TPSA) is 147 Å². The summed E-state index contributed by atoms with van der Waals surface area (Å²) in [6.07, 6.45) is 0. The van der Waals surface area contributed by atoms with Crippen molar-refractivity contribution in [3.05, 3.63) is 72.6 Å². The molecule has 154 valence electrons. The Bertz CT molecular complexity index is 1240. The van der Waals surface area contributed by atoms with Crippen LogP contribution in [0.25, 0.3) is 10.2 Å². The maximum absolute atomic E-state index is 12.6. The fourth-order valence-corrected chi connectivity index (χ4v) is 3.92. The zero-order valence-corrected chi connectivity index (χ0v) is 16.5. The van der Waals surface area contributed by atoms with E-state index in [0.717, 1.165) is 35.1 Å². The van der Waals surface area contributed by atoms with Crippen molar-refractivity contribution in [2.24, 2.45) is 4.99 Å². The lowest BCUT2D eigenvalue weighted by atomic mass is 10.1. The molecule has 0 aliphatic heterocycles. The van der Waals surface area contributed by atoms with Gasteiger partial charge in [0.15, 0.2) is 4.80 Å². The van der Waals surface area contributed by atoms with E-state index in [1.54, 1.807) is 22.8 Å². The summed E-state index contributed by atoms with van der Waals surface area (Å²) in [6, 6.07) is 7.55. The molecular weight excluding hydrogens is 416 g/mol. The molecule has 0 bridgehead atoms. The van der Waals surface area contributed by atoms with Crippen molar-refractivity contribution < 1.29 is 24.2 Å². The average Bonchev–Trinajstić information content (AvgIpc) is 3.08. The van der Waals surface area contributed by atoms with E-state index < -0.39 is 33.1 Å². The van der Waals surface area contributed by atoms with Crippen molar-refractivity contribution in [3.8, 4) is 0 Å². The molecule has 0 saturated heterocycles. The Morgan fingerprint density at radius 3 is 2.23 bits per heavy atom. The minimum atomic E-state index is -0.858. The summed E-state index contributed by atoms with van der Waals surface area (Å²) in [5.41, 5.74) is -0.366. The van der Waals surface area contributed by atoms with E-state index in [2.05, 4.69) is 4.99 Å². The Hall–Kier alpha value is -3.93. The van der Waals surface area contributed by atoms with Crippen LogP contribution in [0.1, 0.15) is 27.6 Å². The van der Waals surface area contributed by atoms with Crippen LogP contribution in [0.5, 0.6) is 0 Å². The number of carbonyl (C=O) groups is 2. The van der Waals surface area contributed by atoms with E-state index in [-0.39, 0.29) is 10.4 Å². The van der Waals surface area contributed by atoms with Crippen molar-refractivity contribution >= 4 is 44.8 Å². The van der Waals surface area contributed by atoms with Gasteiger partial charge in [-0.15, -0.1) is 0 Å². The zero-order chi connectivity index (χ0) is 22.0. The van der Waals surface area contributed by atoms with Crippen molar-refractivity contribution in [1.82, 2.24) is 4.57 Å². The number of benzene rings is 2. The Labute approximate surface area is 172 Å². The second kappa shape index (κ2) is 8.21. The normalized spacial score (nSPS) is 11.5. The first-order chi connectivity index (χ1) is 14.2.